The first-order valence-electron chi connectivity index (χ1n) is 6.81. The molecule has 18 heavy (non-hydrogen) atoms. The Morgan fingerprint density at radius 2 is 2.11 bits per heavy atom. The Balaban J connectivity index is 2.08. The van der Waals surface area contributed by atoms with Gasteiger partial charge in [0.2, 0.25) is 5.91 Å². The highest BCUT2D eigenvalue weighted by Gasteiger charge is 2.21. The summed E-state index contributed by atoms with van der Waals surface area (Å²) < 4.78 is 5.59. The quantitative estimate of drug-likeness (QED) is 0.666. The van der Waals surface area contributed by atoms with Gasteiger partial charge in [-0.2, -0.15) is 0 Å². The Labute approximate surface area is 110 Å². The van der Waals surface area contributed by atoms with Crippen LogP contribution in [0.15, 0.2) is 0 Å². The molecule has 0 aromatic carbocycles. The van der Waals surface area contributed by atoms with E-state index in [1.54, 1.807) is 0 Å². The molecule has 0 saturated heterocycles. The van der Waals surface area contributed by atoms with E-state index in [9.17, 15) is 4.79 Å². The Morgan fingerprint density at radius 3 is 2.72 bits per heavy atom. The molecule has 0 atom stereocenters. The zero-order valence-electron chi connectivity index (χ0n) is 11.2. The zero-order valence-corrected chi connectivity index (χ0v) is 11.2. The van der Waals surface area contributed by atoms with E-state index in [-0.39, 0.29) is 25.2 Å². The first-order valence-corrected chi connectivity index (χ1v) is 6.81. The van der Waals surface area contributed by atoms with Crippen molar-refractivity contribution in [3.63, 3.8) is 0 Å². The maximum Gasteiger partial charge on any atom is 0.246 e. The molecule has 0 unspecified atom stereocenters. The summed E-state index contributed by atoms with van der Waals surface area (Å²) in [6, 6.07) is 0.625. The third-order valence-corrected chi connectivity index (χ3v) is 3.19. The second-order valence-electron chi connectivity index (χ2n) is 4.72. The number of ether oxygens (including phenoxy) is 1. The molecule has 0 aromatic heterocycles. The number of carbonyl (C=O) groups excluding carboxylic acids is 1. The van der Waals surface area contributed by atoms with Crippen LogP contribution in [0, 0.1) is 12.3 Å². The maximum absolute atomic E-state index is 11.3. The number of nitrogens with one attached hydrogen (secondary N) is 2. The van der Waals surface area contributed by atoms with Crippen molar-refractivity contribution in [2.24, 2.45) is 0 Å². The van der Waals surface area contributed by atoms with Crippen molar-refractivity contribution < 1.29 is 9.53 Å². The van der Waals surface area contributed by atoms with E-state index in [0.717, 1.165) is 32.2 Å². The Bertz CT molecular complexity index is 278. The second kappa shape index (κ2) is 8.96. The van der Waals surface area contributed by atoms with Gasteiger partial charge >= 0.3 is 0 Å². The van der Waals surface area contributed by atoms with Gasteiger partial charge in [-0.15, -0.1) is 6.42 Å². The number of terminal acetylenes is 1. The second-order valence-corrected chi connectivity index (χ2v) is 4.72. The lowest BCUT2D eigenvalue weighted by Gasteiger charge is -2.29. The molecular formula is C14H24N2O2. The first-order chi connectivity index (χ1) is 8.76. The highest BCUT2D eigenvalue weighted by molar-refractivity contribution is 5.77. The number of hydrogen-bond acceptors (Lipinski definition) is 3. The molecule has 102 valence electrons. The normalized spacial score (nSPS) is 23.3. The zero-order chi connectivity index (χ0) is 13.2. The van der Waals surface area contributed by atoms with Crippen LogP contribution in [-0.4, -0.2) is 37.7 Å². The Kier molecular flexibility index (Phi) is 7.47. The van der Waals surface area contributed by atoms with Gasteiger partial charge < -0.3 is 15.4 Å². The lowest BCUT2D eigenvalue weighted by molar-refractivity contribution is -0.128. The first kappa shape index (κ1) is 15.0. The summed E-state index contributed by atoms with van der Waals surface area (Å²) in [5.41, 5.74) is 0. The van der Waals surface area contributed by atoms with Gasteiger partial charge in [0.25, 0.3) is 0 Å². The predicted molar refractivity (Wildman–Crippen MR) is 72.1 cm³/mol. The van der Waals surface area contributed by atoms with Gasteiger partial charge in [0.05, 0.1) is 12.6 Å². The molecule has 0 aliphatic heterocycles. The molecule has 0 radical (unpaired) electrons. The molecule has 1 aliphatic carbocycles. The fourth-order valence-electron chi connectivity index (χ4n) is 2.18. The highest BCUT2D eigenvalue weighted by Crippen LogP contribution is 2.21. The van der Waals surface area contributed by atoms with Crippen molar-refractivity contribution in [1.29, 1.82) is 0 Å². The fourth-order valence-corrected chi connectivity index (χ4v) is 2.18. The molecule has 0 spiro atoms. The number of amides is 1. The minimum atomic E-state index is -0.126. The van der Waals surface area contributed by atoms with E-state index in [2.05, 4.69) is 23.5 Å². The minimum Gasteiger partial charge on any atom is -0.368 e. The molecule has 0 aromatic rings. The van der Waals surface area contributed by atoms with Crippen LogP contribution >= 0.6 is 0 Å². The number of hydrogen-bond donors (Lipinski definition) is 2. The number of rotatable bonds is 7. The van der Waals surface area contributed by atoms with Crippen molar-refractivity contribution in [3.8, 4) is 12.3 Å². The summed E-state index contributed by atoms with van der Waals surface area (Å²) in [7, 11) is 0. The van der Waals surface area contributed by atoms with E-state index in [1.165, 1.54) is 6.42 Å². The van der Waals surface area contributed by atoms with E-state index >= 15 is 0 Å². The lowest BCUT2D eigenvalue weighted by Crippen LogP contribution is -2.37. The Hall–Kier alpha value is -1.05. The summed E-state index contributed by atoms with van der Waals surface area (Å²) in [5, 5.41) is 6.12. The minimum absolute atomic E-state index is 0.124. The van der Waals surface area contributed by atoms with Crippen LogP contribution in [0.4, 0.5) is 0 Å². The van der Waals surface area contributed by atoms with Crippen molar-refractivity contribution in [2.45, 2.75) is 51.2 Å². The van der Waals surface area contributed by atoms with Crippen LogP contribution in [0.3, 0.4) is 0 Å². The highest BCUT2D eigenvalue weighted by atomic mass is 16.5. The Morgan fingerprint density at radius 1 is 1.39 bits per heavy atom. The van der Waals surface area contributed by atoms with Crippen LogP contribution in [0.2, 0.25) is 0 Å². The summed E-state index contributed by atoms with van der Waals surface area (Å²) in [6.07, 6.45) is 10.8. The molecule has 4 nitrogen and oxygen atoms in total. The third kappa shape index (κ3) is 6.04. The topological polar surface area (TPSA) is 50.4 Å². The smallest absolute Gasteiger partial charge is 0.246 e. The molecule has 0 heterocycles. The van der Waals surface area contributed by atoms with Crippen LogP contribution < -0.4 is 10.6 Å². The lowest BCUT2D eigenvalue weighted by atomic mass is 9.93. The average Bonchev–Trinajstić information content (AvgIpc) is 2.41. The largest absolute Gasteiger partial charge is 0.368 e. The van der Waals surface area contributed by atoms with Crippen molar-refractivity contribution in [2.75, 3.05) is 19.7 Å². The molecule has 4 heteroatoms. The molecule has 2 N–H and O–H groups in total. The standard InChI is InChI=1S/C14H24N2O2/c1-3-9-15-12-5-7-13(8-6-12)18-11-14(17)16-10-4-2/h2,12-13,15H,3,5-11H2,1H3,(H,16,17). The maximum atomic E-state index is 11.3. The van der Waals surface area contributed by atoms with Gasteiger partial charge in [0, 0.05) is 6.04 Å². The summed E-state index contributed by atoms with van der Waals surface area (Å²) in [5.74, 6) is 2.24. The van der Waals surface area contributed by atoms with Gasteiger partial charge in [-0.05, 0) is 38.6 Å². The summed E-state index contributed by atoms with van der Waals surface area (Å²) in [6.45, 7) is 3.66. The molecule has 1 fully saturated rings. The molecular weight excluding hydrogens is 228 g/mol. The molecule has 1 amide bonds. The van der Waals surface area contributed by atoms with E-state index in [1.807, 2.05) is 0 Å². The summed E-state index contributed by atoms with van der Waals surface area (Å²) >= 11 is 0. The molecule has 1 aliphatic rings. The monoisotopic (exact) mass is 252 g/mol. The molecule has 0 bridgehead atoms. The average molecular weight is 252 g/mol. The van der Waals surface area contributed by atoms with Crippen LogP contribution in [0.1, 0.15) is 39.0 Å². The van der Waals surface area contributed by atoms with Crippen molar-refractivity contribution in [1.82, 2.24) is 10.6 Å². The van der Waals surface area contributed by atoms with Crippen molar-refractivity contribution in [3.05, 3.63) is 0 Å². The van der Waals surface area contributed by atoms with E-state index < -0.39 is 0 Å². The van der Waals surface area contributed by atoms with E-state index in [4.69, 9.17) is 11.2 Å². The van der Waals surface area contributed by atoms with Crippen molar-refractivity contribution >= 4 is 5.91 Å². The van der Waals surface area contributed by atoms with Gasteiger partial charge in [0.15, 0.2) is 0 Å². The third-order valence-electron chi connectivity index (χ3n) is 3.19. The predicted octanol–water partition coefficient (Wildman–Crippen LogP) is 1.06. The van der Waals surface area contributed by atoms with Gasteiger partial charge in [-0.1, -0.05) is 12.8 Å². The molecule has 1 rings (SSSR count). The molecule has 1 saturated carbocycles. The van der Waals surface area contributed by atoms with Crippen LogP contribution in [0.5, 0.6) is 0 Å². The fraction of sp³-hybridized carbons (Fsp3) is 0.786. The number of carbonyl (C=O) groups is 1. The van der Waals surface area contributed by atoms with Crippen LogP contribution in [-0.2, 0) is 9.53 Å². The summed E-state index contributed by atoms with van der Waals surface area (Å²) in [4.78, 5) is 11.3. The van der Waals surface area contributed by atoms with Gasteiger partial charge in [-0.25, -0.2) is 0 Å². The van der Waals surface area contributed by atoms with E-state index in [0.29, 0.717) is 6.04 Å². The van der Waals surface area contributed by atoms with Gasteiger partial charge in [-0.3, -0.25) is 4.79 Å². The van der Waals surface area contributed by atoms with Gasteiger partial charge in [0.1, 0.15) is 6.61 Å². The SMILES string of the molecule is C#CCNC(=O)COC1CCC(NCCC)CC1. The van der Waals surface area contributed by atoms with Crippen LogP contribution in [0.25, 0.3) is 0 Å².